The second-order valence-electron chi connectivity index (χ2n) is 3.95. The predicted molar refractivity (Wildman–Crippen MR) is 83.0 cm³/mol. The largest absolute Gasteiger partial charge is 0.481 e. The smallest absolute Gasteiger partial charge is 0.314 e. The summed E-state index contributed by atoms with van der Waals surface area (Å²) in [5.41, 5.74) is 0.928. The van der Waals surface area contributed by atoms with E-state index >= 15 is 0 Å². The maximum absolute atomic E-state index is 11.4. The molecule has 0 spiro atoms. The highest BCUT2D eigenvalue weighted by atomic mass is 127. The minimum Gasteiger partial charge on any atom is -0.481 e. The summed E-state index contributed by atoms with van der Waals surface area (Å²) in [4.78, 5) is 19.6. The fraction of sp³-hybridized carbons (Fsp3) is 0.154. The van der Waals surface area contributed by atoms with Crippen LogP contribution in [0.4, 0.5) is 0 Å². The Morgan fingerprint density at radius 3 is 2.53 bits per heavy atom. The Morgan fingerprint density at radius 2 is 1.95 bits per heavy atom. The topological polar surface area (TPSA) is 63.1 Å². The number of hydrogen-bond donors (Lipinski definition) is 1. The zero-order valence-corrected chi connectivity index (χ0v) is 13.5. The van der Waals surface area contributed by atoms with Gasteiger partial charge in [0.1, 0.15) is 11.7 Å². The first-order valence-corrected chi connectivity index (χ1v) is 7.38. The van der Waals surface area contributed by atoms with Gasteiger partial charge in [-0.15, -0.1) is 0 Å². The van der Waals surface area contributed by atoms with Crippen molar-refractivity contribution in [1.29, 1.82) is 0 Å². The summed E-state index contributed by atoms with van der Waals surface area (Å²) in [7, 11) is 0. The van der Waals surface area contributed by atoms with E-state index in [9.17, 15) is 9.90 Å². The van der Waals surface area contributed by atoms with E-state index in [1.807, 2.05) is 24.3 Å². The Hall–Kier alpha value is -1.02. The fourth-order valence-electron chi connectivity index (χ4n) is 1.68. The van der Waals surface area contributed by atoms with Crippen molar-refractivity contribution in [3.8, 4) is 0 Å². The first-order chi connectivity index (χ1) is 9.08. The van der Waals surface area contributed by atoms with Crippen LogP contribution in [-0.4, -0.2) is 21.0 Å². The summed E-state index contributed by atoms with van der Waals surface area (Å²) in [5, 5.41) is 9.35. The van der Waals surface area contributed by atoms with Crippen LogP contribution in [0.2, 0.25) is 0 Å². The summed E-state index contributed by atoms with van der Waals surface area (Å²) in [5.74, 6) is -1.32. The molecule has 0 saturated heterocycles. The van der Waals surface area contributed by atoms with Crippen LogP contribution in [0.1, 0.15) is 17.3 Å². The van der Waals surface area contributed by atoms with Gasteiger partial charge in [-0.3, -0.25) is 4.79 Å². The van der Waals surface area contributed by atoms with Gasteiger partial charge in [0.25, 0.3) is 0 Å². The molecule has 4 nitrogen and oxygen atoms in total. The summed E-state index contributed by atoms with van der Waals surface area (Å²) in [6.45, 7) is 0. The molecule has 2 rings (SSSR count). The summed E-state index contributed by atoms with van der Waals surface area (Å²) < 4.78 is 1.78. The molecule has 1 atom stereocenters. The normalized spacial score (nSPS) is 12.1. The molecule has 0 aliphatic rings. The van der Waals surface area contributed by atoms with Crippen molar-refractivity contribution in [2.45, 2.75) is 12.3 Å². The van der Waals surface area contributed by atoms with Crippen LogP contribution < -0.4 is 0 Å². The molecule has 0 aliphatic heterocycles. The summed E-state index contributed by atoms with van der Waals surface area (Å²) in [6.07, 6.45) is 3.61. The highest BCUT2D eigenvalue weighted by Crippen LogP contribution is 2.24. The van der Waals surface area contributed by atoms with Crippen molar-refractivity contribution in [1.82, 2.24) is 9.97 Å². The molecule has 1 heterocycles. The number of carboxylic acids is 1. The number of rotatable bonds is 4. The highest BCUT2D eigenvalue weighted by molar-refractivity contribution is 14.1. The van der Waals surface area contributed by atoms with E-state index in [1.54, 1.807) is 12.4 Å². The van der Waals surface area contributed by atoms with Gasteiger partial charge in [-0.2, -0.15) is 0 Å². The molecule has 0 saturated carbocycles. The lowest BCUT2D eigenvalue weighted by molar-refractivity contribution is -0.139. The minimum absolute atomic E-state index is 0.337. The van der Waals surface area contributed by atoms with Crippen molar-refractivity contribution >= 4 is 44.5 Å². The van der Waals surface area contributed by atoms with Gasteiger partial charge in [0, 0.05) is 20.4 Å². The molecule has 0 fully saturated rings. The molecule has 2 aromatic rings. The summed E-state index contributed by atoms with van der Waals surface area (Å²) in [6, 6.07) is 7.56. The Morgan fingerprint density at radius 1 is 1.32 bits per heavy atom. The van der Waals surface area contributed by atoms with E-state index in [4.69, 9.17) is 0 Å². The van der Waals surface area contributed by atoms with E-state index in [-0.39, 0.29) is 0 Å². The van der Waals surface area contributed by atoms with Gasteiger partial charge in [0.15, 0.2) is 0 Å². The van der Waals surface area contributed by atoms with Crippen LogP contribution in [0.3, 0.4) is 0 Å². The lowest BCUT2D eigenvalue weighted by atomic mass is 9.98. The Labute approximate surface area is 132 Å². The van der Waals surface area contributed by atoms with Crippen LogP contribution >= 0.6 is 38.5 Å². The zero-order chi connectivity index (χ0) is 13.8. The van der Waals surface area contributed by atoms with Gasteiger partial charge >= 0.3 is 5.97 Å². The number of aliphatic carboxylic acids is 1. The second kappa shape index (κ2) is 6.42. The Kier molecular flexibility index (Phi) is 4.87. The lowest BCUT2D eigenvalue weighted by Crippen LogP contribution is -2.17. The third-order valence-electron chi connectivity index (χ3n) is 2.63. The van der Waals surface area contributed by atoms with E-state index in [0.717, 1.165) is 13.6 Å². The SMILES string of the molecule is O=C(O)C(Cc1ccccc1Br)c1ncc(I)cn1. The van der Waals surface area contributed by atoms with E-state index < -0.39 is 11.9 Å². The minimum atomic E-state index is -0.919. The number of halogens is 2. The number of benzene rings is 1. The first kappa shape index (κ1) is 14.4. The monoisotopic (exact) mass is 432 g/mol. The van der Waals surface area contributed by atoms with Gasteiger partial charge in [0.2, 0.25) is 0 Å². The van der Waals surface area contributed by atoms with Gasteiger partial charge in [-0.1, -0.05) is 34.1 Å². The van der Waals surface area contributed by atoms with Crippen molar-refractivity contribution in [3.63, 3.8) is 0 Å². The van der Waals surface area contributed by atoms with Gasteiger partial charge in [-0.05, 0) is 40.6 Å². The van der Waals surface area contributed by atoms with Gasteiger partial charge in [-0.25, -0.2) is 9.97 Å². The molecule has 19 heavy (non-hydrogen) atoms. The maximum atomic E-state index is 11.4. The van der Waals surface area contributed by atoms with E-state index in [1.165, 1.54) is 0 Å². The van der Waals surface area contributed by atoms with Crippen LogP contribution in [0, 0.1) is 3.57 Å². The average molecular weight is 433 g/mol. The van der Waals surface area contributed by atoms with Crippen LogP contribution in [-0.2, 0) is 11.2 Å². The number of carbonyl (C=O) groups is 1. The van der Waals surface area contributed by atoms with Crippen LogP contribution in [0.25, 0.3) is 0 Å². The number of aromatic nitrogens is 2. The molecular formula is C13H10BrIN2O2. The van der Waals surface area contributed by atoms with Crippen LogP contribution in [0.15, 0.2) is 41.1 Å². The third-order valence-corrected chi connectivity index (χ3v) is 3.96. The molecule has 0 bridgehead atoms. The lowest BCUT2D eigenvalue weighted by Gasteiger charge is -2.12. The van der Waals surface area contributed by atoms with Gasteiger partial charge in [0.05, 0.1) is 0 Å². The van der Waals surface area contributed by atoms with Crippen LogP contribution in [0.5, 0.6) is 0 Å². The molecular weight excluding hydrogens is 423 g/mol. The van der Waals surface area contributed by atoms with E-state index in [0.29, 0.717) is 12.2 Å². The molecule has 0 amide bonds. The van der Waals surface area contributed by atoms with Gasteiger partial charge < -0.3 is 5.11 Å². The first-order valence-electron chi connectivity index (χ1n) is 5.51. The Bertz CT molecular complexity index is 589. The molecule has 1 aromatic carbocycles. The number of hydrogen-bond acceptors (Lipinski definition) is 3. The molecule has 0 aliphatic carbocycles. The second-order valence-corrected chi connectivity index (χ2v) is 6.05. The average Bonchev–Trinajstić information content (AvgIpc) is 2.39. The zero-order valence-electron chi connectivity index (χ0n) is 9.75. The molecule has 1 N–H and O–H groups in total. The highest BCUT2D eigenvalue weighted by Gasteiger charge is 2.23. The van der Waals surface area contributed by atoms with Crippen molar-refractivity contribution in [3.05, 3.63) is 56.1 Å². The van der Waals surface area contributed by atoms with Crippen molar-refractivity contribution in [2.75, 3.05) is 0 Å². The van der Waals surface area contributed by atoms with Crippen molar-refractivity contribution in [2.24, 2.45) is 0 Å². The number of carboxylic acid groups (broad SMARTS) is 1. The quantitative estimate of drug-likeness (QED) is 0.753. The number of nitrogens with zero attached hydrogens (tertiary/aromatic N) is 2. The summed E-state index contributed by atoms with van der Waals surface area (Å²) >= 11 is 5.51. The Balaban J connectivity index is 2.29. The van der Waals surface area contributed by atoms with E-state index in [2.05, 4.69) is 48.5 Å². The standard InChI is InChI=1S/C13H10BrIN2O2/c14-11-4-2-1-3-8(11)5-10(13(18)19)12-16-6-9(15)7-17-12/h1-4,6-7,10H,5H2,(H,18,19). The predicted octanol–water partition coefficient (Wildman–Crippen LogP) is 3.25. The van der Waals surface area contributed by atoms with Crippen molar-refractivity contribution < 1.29 is 9.90 Å². The molecule has 1 unspecified atom stereocenters. The maximum Gasteiger partial charge on any atom is 0.314 e. The fourth-order valence-corrected chi connectivity index (χ4v) is 2.40. The third kappa shape index (κ3) is 3.73. The molecule has 6 heteroatoms. The molecule has 98 valence electrons. The molecule has 0 radical (unpaired) electrons. The molecule has 1 aromatic heterocycles.